The van der Waals surface area contributed by atoms with Gasteiger partial charge in [-0.3, -0.25) is 0 Å². The van der Waals surface area contributed by atoms with Crippen molar-refractivity contribution in [2.24, 2.45) is 0 Å². The molecule has 0 radical (unpaired) electrons. The Labute approximate surface area is 113 Å². The number of hydrogen-bond acceptors (Lipinski definition) is 5. The van der Waals surface area contributed by atoms with Crippen LogP contribution in [0.4, 0.5) is 0 Å². The first-order valence-corrected chi connectivity index (χ1v) is 6.68. The van der Waals surface area contributed by atoms with E-state index in [-0.39, 0.29) is 6.61 Å². The van der Waals surface area contributed by atoms with Crippen molar-refractivity contribution in [2.75, 3.05) is 39.6 Å². The Balaban J connectivity index is 1.71. The molecule has 5 nitrogen and oxygen atoms in total. The molecule has 0 saturated heterocycles. The SMILES string of the molecule is OCCOCCCNCc1cccc2c1OCCO2. The average molecular weight is 267 g/mol. The van der Waals surface area contributed by atoms with E-state index < -0.39 is 0 Å². The first-order chi connectivity index (χ1) is 9.42. The van der Waals surface area contributed by atoms with Crippen molar-refractivity contribution in [1.29, 1.82) is 0 Å². The van der Waals surface area contributed by atoms with Gasteiger partial charge in [-0.25, -0.2) is 0 Å². The van der Waals surface area contributed by atoms with Crippen LogP contribution >= 0.6 is 0 Å². The summed E-state index contributed by atoms with van der Waals surface area (Å²) in [5.74, 6) is 1.69. The molecule has 1 aliphatic rings. The van der Waals surface area contributed by atoms with E-state index in [2.05, 4.69) is 5.32 Å². The summed E-state index contributed by atoms with van der Waals surface area (Å²) in [5, 5.41) is 11.9. The van der Waals surface area contributed by atoms with Crippen LogP contribution in [0.1, 0.15) is 12.0 Å². The maximum absolute atomic E-state index is 8.56. The highest BCUT2D eigenvalue weighted by atomic mass is 16.6. The van der Waals surface area contributed by atoms with Gasteiger partial charge in [0.15, 0.2) is 11.5 Å². The summed E-state index contributed by atoms with van der Waals surface area (Å²) in [5.41, 5.74) is 1.12. The summed E-state index contributed by atoms with van der Waals surface area (Å²) in [4.78, 5) is 0. The molecule has 0 aromatic heterocycles. The molecule has 0 aliphatic carbocycles. The molecule has 106 valence electrons. The van der Waals surface area contributed by atoms with Crippen molar-refractivity contribution in [3.05, 3.63) is 23.8 Å². The van der Waals surface area contributed by atoms with Crippen LogP contribution in [0.3, 0.4) is 0 Å². The second-order valence-electron chi connectivity index (χ2n) is 4.31. The minimum absolute atomic E-state index is 0.0842. The minimum atomic E-state index is 0.0842. The summed E-state index contributed by atoms with van der Waals surface area (Å²) in [6.45, 7) is 4.02. The zero-order valence-corrected chi connectivity index (χ0v) is 11.1. The zero-order valence-electron chi connectivity index (χ0n) is 11.1. The molecule has 5 heteroatoms. The molecule has 1 aromatic rings. The van der Waals surface area contributed by atoms with Crippen LogP contribution < -0.4 is 14.8 Å². The van der Waals surface area contributed by atoms with Crippen LogP contribution in [-0.2, 0) is 11.3 Å². The molecule has 0 bridgehead atoms. The van der Waals surface area contributed by atoms with Crippen molar-refractivity contribution in [3.8, 4) is 11.5 Å². The van der Waals surface area contributed by atoms with E-state index in [0.29, 0.717) is 26.4 Å². The predicted octanol–water partition coefficient (Wildman–Crippen LogP) is 0.946. The highest BCUT2D eigenvalue weighted by Gasteiger charge is 2.14. The number of benzene rings is 1. The highest BCUT2D eigenvalue weighted by Crippen LogP contribution is 2.33. The molecule has 1 heterocycles. The Morgan fingerprint density at radius 2 is 2.11 bits per heavy atom. The van der Waals surface area contributed by atoms with E-state index in [1.807, 2.05) is 18.2 Å². The van der Waals surface area contributed by atoms with Gasteiger partial charge in [0.25, 0.3) is 0 Å². The number of rotatable bonds is 8. The lowest BCUT2D eigenvalue weighted by Gasteiger charge is -2.21. The number of aliphatic hydroxyl groups is 1. The van der Waals surface area contributed by atoms with Crippen LogP contribution in [0.15, 0.2) is 18.2 Å². The Morgan fingerprint density at radius 3 is 3.00 bits per heavy atom. The Hall–Kier alpha value is -1.30. The second-order valence-corrected chi connectivity index (χ2v) is 4.31. The van der Waals surface area contributed by atoms with Gasteiger partial charge in [0.2, 0.25) is 0 Å². The van der Waals surface area contributed by atoms with Gasteiger partial charge >= 0.3 is 0 Å². The molecule has 1 aromatic carbocycles. The fourth-order valence-electron chi connectivity index (χ4n) is 1.96. The minimum Gasteiger partial charge on any atom is -0.486 e. The van der Waals surface area contributed by atoms with Crippen molar-refractivity contribution in [2.45, 2.75) is 13.0 Å². The molecule has 0 fully saturated rings. The van der Waals surface area contributed by atoms with Gasteiger partial charge in [-0.05, 0) is 19.0 Å². The molecule has 2 N–H and O–H groups in total. The van der Waals surface area contributed by atoms with Gasteiger partial charge in [-0.15, -0.1) is 0 Å². The van der Waals surface area contributed by atoms with Gasteiger partial charge in [-0.1, -0.05) is 12.1 Å². The van der Waals surface area contributed by atoms with Crippen LogP contribution in [0.2, 0.25) is 0 Å². The molecule has 0 spiro atoms. The first-order valence-electron chi connectivity index (χ1n) is 6.68. The molecule has 0 unspecified atom stereocenters. The maximum Gasteiger partial charge on any atom is 0.165 e. The Bertz CT molecular complexity index is 384. The standard InChI is InChI=1S/C14H21NO4/c16-6-8-17-7-2-5-15-11-12-3-1-4-13-14(12)19-10-9-18-13/h1,3-4,15-16H,2,5-11H2. The van der Waals surface area contributed by atoms with Crippen LogP contribution in [0, 0.1) is 0 Å². The highest BCUT2D eigenvalue weighted by molar-refractivity contribution is 5.47. The molecule has 1 aliphatic heterocycles. The van der Waals surface area contributed by atoms with Gasteiger partial charge in [0.1, 0.15) is 13.2 Å². The zero-order chi connectivity index (χ0) is 13.3. The van der Waals surface area contributed by atoms with Crippen molar-refractivity contribution in [3.63, 3.8) is 0 Å². The van der Waals surface area contributed by atoms with Crippen molar-refractivity contribution >= 4 is 0 Å². The smallest absolute Gasteiger partial charge is 0.165 e. The molecule has 0 atom stereocenters. The lowest BCUT2D eigenvalue weighted by Crippen LogP contribution is -2.20. The van der Waals surface area contributed by atoms with Gasteiger partial charge in [-0.2, -0.15) is 0 Å². The maximum atomic E-state index is 8.56. The molecular formula is C14H21NO4. The number of nitrogens with one attached hydrogen (secondary N) is 1. The van der Waals surface area contributed by atoms with E-state index in [9.17, 15) is 0 Å². The normalized spacial score (nSPS) is 13.5. The lowest BCUT2D eigenvalue weighted by atomic mass is 10.1. The quantitative estimate of drug-likeness (QED) is 0.687. The topological polar surface area (TPSA) is 60.0 Å². The van der Waals surface area contributed by atoms with Gasteiger partial charge in [0.05, 0.1) is 13.2 Å². The summed E-state index contributed by atoms with van der Waals surface area (Å²) >= 11 is 0. The molecule has 19 heavy (non-hydrogen) atoms. The summed E-state index contributed by atoms with van der Waals surface area (Å²) in [6.07, 6.45) is 0.923. The van der Waals surface area contributed by atoms with Crippen LogP contribution in [-0.4, -0.2) is 44.7 Å². The van der Waals surface area contributed by atoms with E-state index in [1.54, 1.807) is 0 Å². The molecule has 0 saturated carbocycles. The van der Waals surface area contributed by atoms with E-state index in [0.717, 1.165) is 36.6 Å². The molecule has 0 amide bonds. The molecular weight excluding hydrogens is 246 g/mol. The fourth-order valence-corrected chi connectivity index (χ4v) is 1.96. The van der Waals surface area contributed by atoms with E-state index >= 15 is 0 Å². The number of ether oxygens (including phenoxy) is 3. The number of hydrogen-bond donors (Lipinski definition) is 2. The van der Waals surface area contributed by atoms with E-state index in [1.165, 1.54) is 0 Å². The number of aliphatic hydroxyl groups excluding tert-OH is 1. The monoisotopic (exact) mass is 267 g/mol. The fraction of sp³-hybridized carbons (Fsp3) is 0.571. The number of para-hydroxylation sites is 1. The number of fused-ring (bicyclic) bond motifs is 1. The first kappa shape index (κ1) is 14.1. The van der Waals surface area contributed by atoms with Crippen LogP contribution in [0.25, 0.3) is 0 Å². The van der Waals surface area contributed by atoms with Crippen molar-refractivity contribution < 1.29 is 19.3 Å². The second kappa shape index (κ2) is 7.99. The third kappa shape index (κ3) is 4.38. The van der Waals surface area contributed by atoms with Crippen LogP contribution in [0.5, 0.6) is 11.5 Å². The summed E-state index contributed by atoms with van der Waals surface area (Å²) in [6, 6.07) is 5.96. The Kier molecular flexibility index (Phi) is 5.94. The molecule has 2 rings (SSSR count). The Morgan fingerprint density at radius 1 is 1.21 bits per heavy atom. The largest absolute Gasteiger partial charge is 0.486 e. The third-order valence-corrected chi connectivity index (χ3v) is 2.84. The van der Waals surface area contributed by atoms with E-state index in [4.69, 9.17) is 19.3 Å². The average Bonchev–Trinajstić information content (AvgIpc) is 2.46. The predicted molar refractivity (Wildman–Crippen MR) is 71.7 cm³/mol. The third-order valence-electron chi connectivity index (χ3n) is 2.84. The summed E-state index contributed by atoms with van der Waals surface area (Å²) < 4.78 is 16.4. The van der Waals surface area contributed by atoms with Crippen molar-refractivity contribution in [1.82, 2.24) is 5.32 Å². The van der Waals surface area contributed by atoms with Gasteiger partial charge in [0, 0.05) is 18.7 Å². The summed E-state index contributed by atoms with van der Waals surface area (Å²) in [7, 11) is 0. The van der Waals surface area contributed by atoms with Gasteiger partial charge < -0.3 is 24.6 Å². The lowest BCUT2D eigenvalue weighted by molar-refractivity contribution is 0.0907.